The van der Waals surface area contributed by atoms with Crippen molar-refractivity contribution in [2.24, 2.45) is 0 Å². The number of halogens is 2. The van der Waals surface area contributed by atoms with Crippen LogP contribution in [0.2, 0.25) is 0 Å². The monoisotopic (exact) mass is 413 g/mol. The van der Waals surface area contributed by atoms with Gasteiger partial charge in [0.25, 0.3) is 0 Å². The van der Waals surface area contributed by atoms with Crippen LogP contribution in [-0.2, 0) is 12.8 Å². The Morgan fingerprint density at radius 2 is 1.86 bits per heavy atom. The van der Waals surface area contributed by atoms with Crippen LogP contribution in [0.5, 0.6) is 11.5 Å². The van der Waals surface area contributed by atoms with Gasteiger partial charge in [-0.05, 0) is 48.7 Å². The molecule has 3 nitrogen and oxygen atoms in total. The molecule has 0 aliphatic carbocycles. The van der Waals surface area contributed by atoms with Gasteiger partial charge in [0.1, 0.15) is 11.5 Å². The van der Waals surface area contributed by atoms with Gasteiger partial charge in [0.05, 0.1) is 0 Å². The van der Waals surface area contributed by atoms with Gasteiger partial charge in [0.15, 0.2) is 0 Å². The summed E-state index contributed by atoms with van der Waals surface area (Å²) < 4.78 is 1.06. The Bertz CT molecular complexity index is 629. The van der Waals surface area contributed by atoms with Crippen molar-refractivity contribution in [2.75, 3.05) is 6.54 Å². The van der Waals surface area contributed by atoms with E-state index in [2.05, 4.69) is 33.4 Å². The average Bonchev–Trinajstić information content (AvgIpc) is 2.41. The van der Waals surface area contributed by atoms with Crippen LogP contribution in [0.3, 0.4) is 0 Å². The number of rotatable bonds is 2. The fraction of sp³-hybridized carbons (Fsp3) is 0.250. The Labute approximate surface area is 142 Å². The van der Waals surface area contributed by atoms with Crippen LogP contribution in [0.4, 0.5) is 0 Å². The molecule has 1 atom stereocenters. The number of phenolic OH excluding ortho intramolecular Hbond substituents is 2. The standard InChI is InChI=1S/C16H16BrNO2.BrH/c17-12-3-1-10(2-4-12)7-14-16-11(5-6-18-14)8-13(19)9-15(16)20;/h1-4,8-9,14,18-20H,5-7H2;1H. The second kappa shape index (κ2) is 6.81. The zero-order valence-corrected chi connectivity index (χ0v) is 14.6. The first-order valence-corrected chi connectivity index (χ1v) is 7.45. The Balaban J connectivity index is 0.00000161. The molecule has 5 heteroatoms. The molecule has 0 radical (unpaired) electrons. The van der Waals surface area contributed by atoms with Gasteiger partial charge in [-0.2, -0.15) is 0 Å². The predicted molar refractivity (Wildman–Crippen MR) is 92.4 cm³/mol. The van der Waals surface area contributed by atoms with E-state index < -0.39 is 0 Å². The van der Waals surface area contributed by atoms with Gasteiger partial charge < -0.3 is 15.5 Å². The minimum absolute atomic E-state index is 0. The number of aromatic hydroxyl groups is 2. The molecule has 0 amide bonds. The van der Waals surface area contributed by atoms with Crippen molar-refractivity contribution >= 4 is 32.9 Å². The lowest BCUT2D eigenvalue weighted by Gasteiger charge is -2.28. The minimum atomic E-state index is 0. The van der Waals surface area contributed by atoms with E-state index in [0.29, 0.717) is 0 Å². The van der Waals surface area contributed by atoms with E-state index in [-0.39, 0.29) is 34.5 Å². The highest BCUT2D eigenvalue weighted by Crippen LogP contribution is 2.36. The van der Waals surface area contributed by atoms with Crippen LogP contribution in [-0.4, -0.2) is 16.8 Å². The lowest BCUT2D eigenvalue weighted by atomic mass is 9.89. The third-order valence-corrected chi connectivity index (χ3v) is 4.24. The molecule has 1 unspecified atom stereocenters. The summed E-state index contributed by atoms with van der Waals surface area (Å²) in [6.45, 7) is 0.858. The maximum absolute atomic E-state index is 10.1. The van der Waals surface area contributed by atoms with Crippen molar-refractivity contribution < 1.29 is 10.2 Å². The average molecular weight is 415 g/mol. The molecule has 0 saturated carbocycles. The molecule has 21 heavy (non-hydrogen) atoms. The van der Waals surface area contributed by atoms with Crippen molar-refractivity contribution in [1.82, 2.24) is 5.32 Å². The second-order valence-electron chi connectivity index (χ2n) is 5.12. The van der Waals surface area contributed by atoms with E-state index in [4.69, 9.17) is 0 Å². The molecule has 1 heterocycles. The van der Waals surface area contributed by atoms with Crippen molar-refractivity contribution in [3.8, 4) is 11.5 Å². The predicted octanol–water partition coefficient (Wildman–Crippen LogP) is 3.87. The first-order chi connectivity index (χ1) is 9.63. The van der Waals surface area contributed by atoms with E-state index in [1.54, 1.807) is 6.07 Å². The van der Waals surface area contributed by atoms with Crippen molar-refractivity contribution in [3.63, 3.8) is 0 Å². The second-order valence-corrected chi connectivity index (χ2v) is 6.04. The quantitative estimate of drug-likeness (QED) is 0.699. The van der Waals surface area contributed by atoms with Gasteiger partial charge in [-0.3, -0.25) is 0 Å². The molecule has 0 bridgehead atoms. The van der Waals surface area contributed by atoms with Crippen LogP contribution in [0, 0.1) is 0 Å². The molecule has 0 fully saturated rings. The normalized spacial score (nSPS) is 16.9. The maximum atomic E-state index is 10.1. The summed E-state index contributed by atoms with van der Waals surface area (Å²) in [4.78, 5) is 0. The van der Waals surface area contributed by atoms with Gasteiger partial charge in [-0.1, -0.05) is 28.1 Å². The number of phenols is 2. The van der Waals surface area contributed by atoms with E-state index in [1.165, 1.54) is 11.6 Å². The minimum Gasteiger partial charge on any atom is -0.508 e. The molecule has 0 spiro atoms. The van der Waals surface area contributed by atoms with Crippen LogP contribution < -0.4 is 5.32 Å². The Morgan fingerprint density at radius 3 is 2.57 bits per heavy atom. The summed E-state index contributed by atoms with van der Waals surface area (Å²) in [5, 5.41) is 23.2. The zero-order valence-electron chi connectivity index (χ0n) is 11.3. The highest BCUT2D eigenvalue weighted by molar-refractivity contribution is 9.10. The fourth-order valence-corrected chi connectivity index (χ4v) is 3.07. The zero-order chi connectivity index (χ0) is 14.1. The van der Waals surface area contributed by atoms with Gasteiger partial charge in [0, 0.05) is 22.1 Å². The summed E-state index contributed by atoms with van der Waals surface area (Å²) in [5.41, 5.74) is 3.16. The first kappa shape index (κ1) is 16.3. The van der Waals surface area contributed by atoms with Gasteiger partial charge in [0.2, 0.25) is 0 Å². The molecule has 0 saturated heterocycles. The summed E-state index contributed by atoms with van der Waals surface area (Å²) in [6, 6.07) is 11.5. The largest absolute Gasteiger partial charge is 0.508 e. The van der Waals surface area contributed by atoms with Crippen LogP contribution >= 0.6 is 32.9 Å². The van der Waals surface area contributed by atoms with Gasteiger partial charge in [-0.15, -0.1) is 17.0 Å². The molecule has 112 valence electrons. The molecule has 2 aromatic rings. The summed E-state index contributed by atoms with van der Waals surface area (Å²) >= 11 is 3.43. The molecule has 0 aromatic heterocycles. The van der Waals surface area contributed by atoms with Crippen LogP contribution in [0.1, 0.15) is 22.7 Å². The highest BCUT2D eigenvalue weighted by atomic mass is 79.9. The number of fused-ring (bicyclic) bond motifs is 1. The van der Waals surface area contributed by atoms with Crippen LogP contribution in [0.25, 0.3) is 0 Å². The van der Waals surface area contributed by atoms with E-state index in [0.717, 1.165) is 35.0 Å². The van der Waals surface area contributed by atoms with Crippen molar-refractivity contribution in [3.05, 3.63) is 57.6 Å². The SMILES string of the molecule is Br.Oc1cc(O)c2c(c1)CCNC2Cc1ccc(Br)cc1. The molecule has 3 rings (SSSR count). The maximum Gasteiger partial charge on any atom is 0.124 e. The third-order valence-electron chi connectivity index (χ3n) is 3.72. The number of hydrogen-bond donors (Lipinski definition) is 3. The van der Waals surface area contributed by atoms with Crippen molar-refractivity contribution in [1.29, 1.82) is 0 Å². The molecule has 1 aliphatic rings. The smallest absolute Gasteiger partial charge is 0.124 e. The fourth-order valence-electron chi connectivity index (χ4n) is 2.80. The molecular formula is C16H17Br2NO2. The lowest BCUT2D eigenvalue weighted by Crippen LogP contribution is -2.31. The topological polar surface area (TPSA) is 52.5 Å². The van der Waals surface area contributed by atoms with Crippen molar-refractivity contribution in [2.45, 2.75) is 18.9 Å². The summed E-state index contributed by atoms with van der Waals surface area (Å²) in [6.07, 6.45) is 1.65. The van der Waals surface area contributed by atoms with E-state index in [9.17, 15) is 10.2 Å². The third kappa shape index (κ3) is 3.59. The van der Waals surface area contributed by atoms with Gasteiger partial charge in [-0.25, -0.2) is 0 Å². The first-order valence-electron chi connectivity index (χ1n) is 6.66. The Hall–Kier alpha value is -1.04. The van der Waals surface area contributed by atoms with E-state index in [1.807, 2.05) is 12.1 Å². The molecule has 2 aromatic carbocycles. The number of nitrogens with one attached hydrogen (secondary N) is 1. The van der Waals surface area contributed by atoms with E-state index >= 15 is 0 Å². The Kier molecular flexibility index (Phi) is 5.30. The summed E-state index contributed by atoms with van der Waals surface area (Å²) in [5.74, 6) is 0.305. The molecule has 1 aliphatic heterocycles. The Morgan fingerprint density at radius 1 is 1.14 bits per heavy atom. The van der Waals surface area contributed by atoms with Gasteiger partial charge >= 0.3 is 0 Å². The number of benzene rings is 2. The lowest BCUT2D eigenvalue weighted by molar-refractivity contribution is 0.418. The summed E-state index contributed by atoms with van der Waals surface area (Å²) in [7, 11) is 0. The number of hydrogen-bond acceptors (Lipinski definition) is 3. The molecular weight excluding hydrogens is 398 g/mol. The highest BCUT2D eigenvalue weighted by Gasteiger charge is 2.24. The molecule has 3 N–H and O–H groups in total. The van der Waals surface area contributed by atoms with Crippen LogP contribution in [0.15, 0.2) is 40.9 Å².